The molecule has 0 radical (unpaired) electrons. The Hall–Kier alpha value is -2.90. The second-order valence-corrected chi connectivity index (χ2v) is 4.70. The van der Waals surface area contributed by atoms with Gasteiger partial charge >= 0.3 is 6.03 Å². The number of rotatable bonds is 3. The van der Waals surface area contributed by atoms with E-state index in [2.05, 4.69) is 16.0 Å². The minimum atomic E-state index is -0.578. The Kier molecular flexibility index (Phi) is 3.05. The summed E-state index contributed by atoms with van der Waals surface area (Å²) in [6.45, 7) is -0.102. The van der Waals surface area contributed by atoms with Gasteiger partial charge in [-0.1, -0.05) is 6.07 Å². The molecule has 1 saturated heterocycles. The Morgan fingerprint density at radius 1 is 1.19 bits per heavy atom. The summed E-state index contributed by atoms with van der Waals surface area (Å²) in [6, 6.07) is 4.42. The molecular formula is C13H12N4O4. The van der Waals surface area contributed by atoms with Gasteiger partial charge in [-0.3, -0.25) is 19.3 Å². The van der Waals surface area contributed by atoms with Crippen LogP contribution in [0.15, 0.2) is 18.2 Å². The molecule has 0 saturated carbocycles. The maximum Gasteiger partial charge on any atom is 0.325 e. The van der Waals surface area contributed by atoms with Crippen LogP contribution in [-0.2, 0) is 16.1 Å². The summed E-state index contributed by atoms with van der Waals surface area (Å²) in [4.78, 5) is 47.1. The molecule has 108 valence electrons. The molecule has 2 aliphatic rings. The molecule has 0 unspecified atom stereocenters. The van der Waals surface area contributed by atoms with Crippen LogP contribution in [-0.4, -0.2) is 41.7 Å². The molecule has 2 aliphatic heterocycles. The van der Waals surface area contributed by atoms with Gasteiger partial charge in [-0.25, -0.2) is 4.79 Å². The van der Waals surface area contributed by atoms with Crippen LogP contribution in [0.4, 0.5) is 10.5 Å². The Bertz CT molecular complexity index is 654. The number of urea groups is 1. The Morgan fingerprint density at radius 2 is 2.00 bits per heavy atom. The number of imide groups is 1. The smallest absolute Gasteiger partial charge is 0.325 e. The third-order valence-corrected chi connectivity index (χ3v) is 3.36. The molecule has 8 heteroatoms. The van der Waals surface area contributed by atoms with Gasteiger partial charge in [0.2, 0.25) is 5.91 Å². The second-order valence-electron chi connectivity index (χ2n) is 4.70. The highest BCUT2D eigenvalue weighted by Crippen LogP contribution is 2.24. The maximum atomic E-state index is 12.0. The van der Waals surface area contributed by atoms with Gasteiger partial charge in [0.1, 0.15) is 6.54 Å². The number of hydrogen-bond donors (Lipinski definition) is 3. The molecular weight excluding hydrogens is 276 g/mol. The number of benzene rings is 1. The van der Waals surface area contributed by atoms with Gasteiger partial charge in [0.25, 0.3) is 11.8 Å². The largest absolute Gasteiger partial charge is 0.348 e. The first kappa shape index (κ1) is 13.1. The molecule has 1 aromatic rings. The highest BCUT2D eigenvalue weighted by molar-refractivity contribution is 6.07. The van der Waals surface area contributed by atoms with Crippen LogP contribution < -0.4 is 16.0 Å². The van der Waals surface area contributed by atoms with E-state index in [1.807, 2.05) is 0 Å². The molecule has 3 N–H and O–H groups in total. The highest BCUT2D eigenvalue weighted by Gasteiger charge is 2.30. The first-order valence-electron chi connectivity index (χ1n) is 6.34. The molecule has 1 aromatic carbocycles. The third kappa shape index (κ3) is 2.31. The Labute approximate surface area is 119 Å². The summed E-state index contributed by atoms with van der Waals surface area (Å²) in [7, 11) is 0. The fourth-order valence-electron chi connectivity index (χ4n) is 2.32. The standard InChI is InChI=1S/C13H12N4O4/c18-10(6-17-11(19)5-15-13(17)21)16-9-3-1-2-7-8(9)4-14-12(7)20/h1-3H,4-6H2,(H,14,20)(H,15,21)(H,16,18). The summed E-state index contributed by atoms with van der Waals surface area (Å²) in [5.74, 6) is -1.12. The predicted molar refractivity (Wildman–Crippen MR) is 71.4 cm³/mol. The minimum Gasteiger partial charge on any atom is -0.348 e. The molecule has 0 aromatic heterocycles. The second kappa shape index (κ2) is 4.89. The SMILES string of the molecule is O=C(CN1C(=O)CNC1=O)Nc1cccc2c1CNC2=O. The number of amides is 5. The lowest BCUT2D eigenvalue weighted by Crippen LogP contribution is -2.38. The van der Waals surface area contributed by atoms with Crippen LogP contribution >= 0.6 is 0 Å². The number of carbonyl (C=O) groups excluding carboxylic acids is 4. The van der Waals surface area contributed by atoms with Gasteiger partial charge in [0.15, 0.2) is 0 Å². The average Bonchev–Trinajstić information content (AvgIpc) is 2.98. The number of anilines is 1. The lowest BCUT2D eigenvalue weighted by atomic mass is 10.1. The minimum absolute atomic E-state index is 0.0920. The van der Waals surface area contributed by atoms with Gasteiger partial charge in [0.05, 0.1) is 6.54 Å². The van der Waals surface area contributed by atoms with Crippen LogP contribution in [0.5, 0.6) is 0 Å². The van der Waals surface area contributed by atoms with Gasteiger partial charge in [-0.15, -0.1) is 0 Å². The molecule has 3 rings (SSSR count). The average molecular weight is 288 g/mol. The quantitative estimate of drug-likeness (QED) is 0.647. The summed E-state index contributed by atoms with van der Waals surface area (Å²) in [6.07, 6.45) is 0. The Morgan fingerprint density at radius 3 is 2.71 bits per heavy atom. The molecule has 0 aliphatic carbocycles. The van der Waals surface area contributed by atoms with E-state index in [0.29, 0.717) is 23.4 Å². The van der Waals surface area contributed by atoms with E-state index in [1.54, 1.807) is 18.2 Å². The zero-order chi connectivity index (χ0) is 15.0. The van der Waals surface area contributed by atoms with E-state index < -0.39 is 17.8 Å². The first-order chi connectivity index (χ1) is 10.1. The monoisotopic (exact) mass is 288 g/mol. The number of hydrogen-bond acceptors (Lipinski definition) is 4. The maximum absolute atomic E-state index is 12.0. The molecule has 0 spiro atoms. The number of nitrogens with one attached hydrogen (secondary N) is 3. The normalized spacial score (nSPS) is 16.6. The van der Waals surface area contributed by atoms with Gasteiger partial charge < -0.3 is 16.0 Å². The van der Waals surface area contributed by atoms with Crippen molar-refractivity contribution in [1.82, 2.24) is 15.5 Å². The van der Waals surface area contributed by atoms with Crippen LogP contribution in [0.1, 0.15) is 15.9 Å². The summed E-state index contributed by atoms with van der Waals surface area (Å²) >= 11 is 0. The summed E-state index contributed by atoms with van der Waals surface area (Å²) in [5, 5.41) is 7.63. The zero-order valence-electron chi connectivity index (χ0n) is 10.9. The van der Waals surface area contributed by atoms with E-state index in [9.17, 15) is 19.2 Å². The van der Waals surface area contributed by atoms with E-state index in [1.165, 1.54) is 0 Å². The van der Waals surface area contributed by atoms with Crippen LogP contribution in [0, 0.1) is 0 Å². The van der Waals surface area contributed by atoms with Crippen LogP contribution in [0.2, 0.25) is 0 Å². The summed E-state index contributed by atoms with van der Waals surface area (Å²) < 4.78 is 0. The molecule has 1 fully saturated rings. The topological polar surface area (TPSA) is 108 Å². The van der Waals surface area contributed by atoms with Crippen molar-refractivity contribution in [1.29, 1.82) is 0 Å². The van der Waals surface area contributed by atoms with Gasteiger partial charge in [-0.05, 0) is 12.1 Å². The number of carbonyl (C=O) groups is 4. The molecule has 5 amide bonds. The van der Waals surface area contributed by atoms with Crippen molar-refractivity contribution in [2.45, 2.75) is 6.54 Å². The van der Waals surface area contributed by atoms with Gasteiger partial charge in [-0.2, -0.15) is 0 Å². The van der Waals surface area contributed by atoms with E-state index in [0.717, 1.165) is 4.90 Å². The predicted octanol–water partition coefficient (Wildman–Crippen LogP) is -0.580. The molecule has 0 atom stereocenters. The van der Waals surface area contributed by atoms with Crippen LogP contribution in [0.25, 0.3) is 0 Å². The van der Waals surface area contributed by atoms with E-state index >= 15 is 0 Å². The third-order valence-electron chi connectivity index (χ3n) is 3.36. The lowest BCUT2D eigenvalue weighted by molar-refractivity contribution is -0.128. The van der Waals surface area contributed by atoms with E-state index in [4.69, 9.17) is 0 Å². The van der Waals surface area contributed by atoms with E-state index in [-0.39, 0.29) is 19.0 Å². The molecule has 2 heterocycles. The first-order valence-corrected chi connectivity index (χ1v) is 6.34. The lowest BCUT2D eigenvalue weighted by Gasteiger charge is -2.13. The number of nitrogens with zero attached hydrogens (tertiary/aromatic N) is 1. The van der Waals surface area contributed by atoms with Crippen molar-refractivity contribution in [3.8, 4) is 0 Å². The molecule has 8 nitrogen and oxygen atoms in total. The van der Waals surface area contributed by atoms with Crippen molar-refractivity contribution in [2.24, 2.45) is 0 Å². The Balaban J connectivity index is 1.73. The van der Waals surface area contributed by atoms with Crippen molar-refractivity contribution in [3.05, 3.63) is 29.3 Å². The fourth-order valence-corrected chi connectivity index (χ4v) is 2.32. The summed E-state index contributed by atoms with van der Waals surface area (Å²) in [5.41, 5.74) is 1.72. The highest BCUT2D eigenvalue weighted by atomic mass is 16.2. The van der Waals surface area contributed by atoms with Crippen molar-refractivity contribution in [3.63, 3.8) is 0 Å². The number of fused-ring (bicyclic) bond motifs is 1. The fraction of sp³-hybridized carbons (Fsp3) is 0.231. The van der Waals surface area contributed by atoms with Crippen molar-refractivity contribution >= 4 is 29.4 Å². The van der Waals surface area contributed by atoms with Gasteiger partial charge in [0, 0.05) is 23.4 Å². The molecule has 21 heavy (non-hydrogen) atoms. The zero-order valence-corrected chi connectivity index (χ0v) is 10.9. The van der Waals surface area contributed by atoms with Crippen molar-refractivity contribution < 1.29 is 19.2 Å². The molecule has 0 bridgehead atoms. The van der Waals surface area contributed by atoms with Crippen LogP contribution in [0.3, 0.4) is 0 Å². The van der Waals surface area contributed by atoms with Crippen molar-refractivity contribution in [2.75, 3.05) is 18.4 Å².